The molecule has 5 heteroatoms. The Kier molecular flexibility index (Phi) is 4.10. The standard InChI is InChI=1S/C18H15NO4/c1-22-13-6-4-7-14(10-13)23-11-17-15(18(20)21)9-12-5-2-3-8-16(12)19-17/h2-10H,11H2,1H3,(H,20,21)/p-1. The Morgan fingerprint density at radius 3 is 2.65 bits per heavy atom. The summed E-state index contributed by atoms with van der Waals surface area (Å²) in [6.07, 6.45) is 0. The number of para-hydroxylation sites is 1. The highest BCUT2D eigenvalue weighted by Crippen LogP contribution is 2.21. The maximum atomic E-state index is 11.4. The van der Waals surface area contributed by atoms with E-state index in [4.69, 9.17) is 9.47 Å². The number of pyridine rings is 1. The van der Waals surface area contributed by atoms with Crippen molar-refractivity contribution in [3.8, 4) is 11.5 Å². The second kappa shape index (κ2) is 6.36. The number of methoxy groups -OCH3 is 1. The lowest BCUT2D eigenvalue weighted by Crippen LogP contribution is -2.25. The van der Waals surface area contributed by atoms with Gasteiger partial charge in [-0.15, -0.1) is 0 Å². The van der Waals surface area contributed by atoms with Gasteiger partial charge in [0, 0.05) is 17.0 Å². The predicted octanol–water partition coefficient (Wildman–Crippen LogP) is 2.19. The number of carbonyl (C=O) groups excluding carboxylic acids is 1. The van der Waals surface area contributed by atoms with Crippen LogP contribution in [0.1, 0.15) is 16.1 Å². The highest BCUT2D eigenvalue weighted by molar-refractivity contribution is 5.92. The van der Waals surface area contributed by atoms with Gasteiger partial charge in [0.15, 0.2) is 0 Å². The number of benzene rings is 2. The molecule has 0 atom stereocenters. The van der Waals surface area contributed by atoms with Gasteiger partial charge in [-0.1, -0.05) is 24.3 Å². The maximum Gasteiger partial charge on any atom is 0.131 e. The summed E-state index contributed by atoms with van der Waals surface area (Å²) in [5.74, 6) is -0.0369. The summed E-state index contributed by atoms with van der Waals surface area (Å²) >= 11 is 0. The second-order valence-electron chi connectivity index (χ2n) is 4.93. The third-order valence-corrected chi connectivity index (χ3v) is 3.44. The zero-order valence-corrected chi connectivity index (χ0v) is 12.5. The van der Waals surface area contributed by atoms with Crippen LogP contribution < -0.4 is 14.6 Å². The largest absolute Gasteiger partial charge is 0.545 e. The van der Waals surface area contributed by atoms with Crippen molar-refractivity contribution in [2.45, 2.75) is 6.61 Å². The van der Waals surface area contributed by atoms with Crippen molar-refractivity contribution in [2.75, 3.05) is 7.11 Å². The molecule has 0 saturated carbocycles. The van der Waals surface area contributed by atoms with E-state index in [9.17, 15) is 9.90 Å². The molecular weight excluding hydrogens is 294 g/mol. The molecule has 0 amide bonds. The van der Waals surface area contributed by atoms with Gasteiger partial charge in [0.1, 0.15) is 18.1 Å². The number of aromatic carboxylic acids is 1. The van der Waals surface area contributed by atoms with Crippen LogP contribution in [0.25, 0.3) is 10.9 Å². The third-order valence-electron chi connectivity index (χ3n) is 3.44. The van der Waals surface area contributed by atoms with Gasteiger partial charge in [0.05, 0.1) is 24.3 Å². The first kappa shape index (κ1) is 14.8. The minimum atomic E-state index is -1.27. The lowest BCUT2D eigenvalue weighted by molar-refractivity contribution is -0.255. The summed E-state index contributed by atoms with van der Waals surface area (Å²) in [4.78, 5) is 15.7. The van der Waals surface area contributed by atoms with Gasteiger partial charge in [-0.3, -0.25) is 0 Å². The van der Waals surface area contributed by atoms with Crippen molar-refractivity contribution in [3.05, 3.63) is 65.9 Å². The van der Waals surface area contributed by atoms with E-state index >= 15 is 0 Å². The van der Waals surface area contributed by atoms with Crippen molar-refractivity contribution in [1.82, 2.24) is 4.98 Å². The molecular formula is C18H14NO4-. The van der Waals surface area contributed by atoms with Crippen LogP contribution >= 0.6 is 0 Å². The van der Waals surface area contributed by atoms with Crippen LogP contribution in [0.3, 0.4) is 0 Å². The summed E-state index contributed by atoms with van der Waals surface area (Å²) in [6.45, 7) is 0.0291. The van der Waals surface area contributed by atoms with Gasteiger partial charge in [0.25, 0.3) is 0 Å². The van der Waals surface area contributed by atoms with E-state index < -0.39 is 5.97 Å². The van der Waals surface area contributed by atoms with E-state index in [-0.39, 0.29) is 12.2 Å². The molecule has 3 aromatic rings. The van der Waals surface area contributed by atoms with Crippen LogP contribution in [0, 0.1) is 0 Å². The molecule has 1 heterocycles. The van der Waals surface area contributed by atoms with Gasteiger partial charge >= 0.3 is 0 Å². The summed E-state index contributed by atoms with van der Waals surface area (Å²) in [7, 11) is 1.57. The molecule has 0 N–H and O–H groups in total. The van der Waals surface area contributed by atoms with Gasteiger partial charge in [-0.05, 0) is 24.3 Å². The van der Waals surface area contributed by atoms with E-state index in [1.165, 1.54) is 0 Å². The normalized spacial score (nSPS) is 10.5. The molecule has 0 aliphatic rings. The predicted molar refractivity (Wildman–Crippen MR) is 83.4 cm³/mol. The van der Waals surface area contributed by atoms with Gasteiger partial charge in [-0.25, -0.2) is 4.98 Å². The molecule has 3 rings (SSSR count). The number of hydrogen-bond donors (Lipinski definition) is 0. The first-order valence-electron chi connectivity index (χ1n) is 7.04. The first-order valence-corrected chi connectivity index (χ1v) is 7.04. The highest BCUT2D eigenvalue weighted by Gasteiger charge is 2.09. The number of carboxylic acids is 1. The van der Waals surface area contributed by atoms with E-state index in [0.717, 1.165) is 5.39 Å². The van der Waals surface area contributed by atoms with Crippen LogP contribution in [-0.2, 0) is 6.61 Å². The number of fused-ring (bicyclic) bond motifs is 1. The molecule has 5 nitrogen and oxygen atoms in total. The fourth-order valence-electron chi connectivity index (χ4n) is 2.29. The van der Waals surface area contributed by atoms with E-state index in [1.54, 1.807) is 37.4 Å². The van der Waals surface area contributed by atoms with Crippen molar-refractivity contribution in [3.63, 3.8) is 0 Å². The van der Waals surface area contributed by atoms with Gasteiger partial charge in [0.2, 0.25) is 0 Å². The SMILES string of the molecule is COc1cccc(OCc2nc3ccccc3cc2C(=O)[O-])c1. The monoisotopic (exact) mass is 308 g/mol. The summed E-state index contributed by atoms with van der Waals surface area (Å²) in [5, 5.41) is 12.1. The number of aromatic nitrogens is 1. The number of hydrogen-bond acceptors (Lipinski definition) is 5. The van der Waals surface area contributed by atoms with Crippen LogP contribution in [0.5, 0.6) is 11.5 Å². The highest BCUT2D eigenvalue weighted by atomic mass is 16.5. The van der Waals surface area contributed by atoms with Gasteiger partial charge in [-0.2, -0.15) is 0 Å². The van der Waals surface area contributed by atoms with E-state index in [1.807, 2.05) is 24.3 Å². The van der Waals surface area contributed by atoms with E-state index in [0.29, 0.717) is 22.7 Å². The molecule has 0 radical (unpaired) electrons. The van der Waals surface area contributed by atoms with Crippen molar-refractivity contribution in [1.29, 1.82) is 0 Å². The van der Waals surface area contributed by atoms with Crippen molar-refractivity contribution >= 4 is 16.9 Å². The Labute approximate surface area is 133 Å². The Morgan fingerprint density at radius 1 is 1.09 bits per heavy atom. The molecule has 0 unspecified atom stereocenters. The zero-order valence-electron chi connectivity index (χ0n) is 12.5. The van der Waals surface area contributed by atoms with Crippen LogP contribution in [-0.4, -0.2) is 18.1 Å². The Balaban J connectivity index is 1.91. The number of carboxylic acid groups (broad SMARTS) is 1. The van der Waals surface area contributed by atoms with Crippen LogP contribution in [0.15, 0.2) is 54.6 Å². The molecule has 0 aliphatic carbocycles. The van der Waals surface area contributed by atoms with Crippen molar-refractivity contribution in [2.24, 2.45) is 0 Å². The minimum Gasteiger partial charge on any atom is -0.545 e. The third kappa shape index (κ3) is 3.23. The summed E-state index contributed by atoms with van der Waals surface area (Å²) in [6, 6.07) is 15.9. The van der Waals surface area contributed by atoms with Crippen LogP contribution in [0.2, 0.25) is 0 Å². The number of rotatable bonds is 5. The molecule has 0 fully saturated rings. The van der Waals surface area contributed by atoms with Crippen molar-refractivity contribution < 1.29 is 19.4 Å². The van der Waals surface area contributed by atoms with Crippen LogP contribution in [0.4, 0.5) is 0 Å². The molecule has 116 valence electrons. The molecule has 0 aliphatic heterocycles. The zero-order chi connectivity index (χ0) is 16.2. The number of ether oxygens (including phenoxy) is 2. The number of carbonyl (C=O) groups is 1. The second-order valence-corrected chi connectivity index (χ2v) is 4.93. The topological polar surface area (TPSA) is 71.5 Å². The first-order chi connectivity index (χ1) is 11.2. The fourth-order valence-corrected chi connectivity index (χ4v) is 2.29. The lowest BCUT2D eigenvalue weighted by atomic mass is 10.1. The molecule has 0 spiro atoms. The molecule has 0 bridgehead atoms. The Morgan fingerprint density at radius 2 is 1.87 bits per heavy atom. The smallest absolute Gasteiger partial charge is 0.131 e. The summed E-state index contributed by atoms with van der Waals surface area (Å²) < 4.78 is 10.8. The molecule has 0 saturated heterocycles. The maximum absolute atomic E-state index is 11.4. The molecule has 23 heavy (non-hydrogen) atoms. The number of nitrogens with zero attached hydrogens (tertiary/aromatic N) is 1. The molecule has 1 aromatic heterocycles. The Bertz CT molecular complexity index is 861. The average molecular weight is 308 g/mol. The van der Waals surface area contributed by atoms with Gasteiger partial charge < -0.3 is 19.4 Å². The lowest BCUT2D eigenvalue weighted by Gasteiger charge is -2.13. The fraction of sp³-hybridized carbons (Fsp3) is 0.111. The summed E-state index contributed by atoms with van der Waals surface area (Å²) in [5.41, 5.74) is 1.07. The van der Waals surface area contributed by atoms with E-state index in [2.05, 4.69) is 4.98 Å². The quantitative estimate of drug-likeness (QED) is 0.722. The minimum absolute atomic E-state index is 0.0291. The Hall–Kier alpha value is -3.08. The molecule has 2 aromatic carbocycles. The average Bonchev–Trinajstić information content (AvgIpc) is 2.59.